The van der Waals surface area contributed by atoms with Gasteiger partial charge in [-0.1, -0.05) is 26.2 Å². The van der Waals surface area contributed by atoms with E-state index in [0.29, 0.717) is 19.1 Å². The third kappa shape index (κ3) is 5.36. The fourth-order valence-electron chi connectivity index (χ4n) is 2.72. The Morgan fingerprint density at radius 3 is 2.89 bits per heavy atom. The van der Waals surface area contributed by atoms with Crippen LogP contribution in [0.25, 0.3) is 0 Å². The molecule has 1 amide bonds. The number of carbonyl (C=O) groups is 1. The summed E-state index contributed by atoms with van der Waals surface area (Å²) in [5.74, 6) is 0.149. The van der Waals surface area contributed by atoms with Gasteiger partial charge in [-0.2, -0.15) is 0 Å². The SMILES string of the molecule is CCCC(C)NC(=O)CN1CCCCCC1CN. The van der Waals surface area contributed by atoms with Crippen LogP contribution in [0.15, 0.2) is 0 Å². The lowest BCUT2D eigenvalue weighted by atomic mass is 10.1. The van der Waals surface area contributed by atoms with Crippen molar-refractivity contribution in [3.8, 4) is 0 Å². The number of nitrogens with two attached hydrogens (primary N) is 1. The zero-order valence-corrected chi connectivity index (χ0v) is 12.0. The topological polar surface area (TPSA) is 58.4 Å². The van der Waals surface area contributed by atoms with E-state index in [2.05, 4.69) is 24.1 Å². The van der Waals surface area contributed by atoms with E-state index in [1.165, 1.54) is 19.3 Å². The van der Waals surface area contributed by atoms with Gasteiger partial charge in [0.25, 0.3) is 0 Å². The first kappa shape index (κ1) is 15.4. The van der Waals surface area contributed by atoms with Gasteiger partial charge in [0.1, 0.15) is 0 Å². The van der Waals surface area contributed by atoms with Gasteiger partial charge in [0.05, 0.1) is 6.54 Å². The summed E-state index contributed by atoms with van der Waals surface area (Å²) in [5.41, 5.74) is 5.81. The number of likely N-dealkylation sites (tertiary alicyclic amines) is 1. The van der Waals surface area contributed by atoms with E-state index in [9.17, 15) is 4.79 Å². The average molecular weight is 255 g/mol. The molecule has 0 saturated carbocycles. The number of amides is 1. The molecule has 0 aromatic carbocycles. The average Bonchev–Trinajstić information content (AvgIpc) is 2.54. The molecule has 4 nitrogen and oxygen atoms in total. The van der Waals surface area contributed by atoms with E-state index in [4.69, 9.17) is 5.73 Å². The standard InChI is InChI=1S/C14H29N3O/c1-3-7-12(2)16-14(18)11-17-9-6-4-5-8-13(17)10-15/h12-13H,3-11,15H2,1-2H3,(H,16,18). The van der Waals surface area contributed by atoms with E-state index in [1.54, 1.807) is 0 Å². The van der Waals surface area contributed by atoms with Gasteiger partial charge in [0.15, 0.2) is 0 Å². The van der Waals surface area contributed by atoms with Crippen molar-refractivity contribution >= 4 is 5.91 Å². The Morgan fingerprint density at radius 1 is 1.44 bits per heavy atom. The summed E-state index contributed by atoms with van der Waals surface area (Å²) in [5, 5.41) is 3.07. The molecule has 2 atom stereocenters. The lowest BCUT2D eigenvalue weighted by Crippen LogP contribution is -2.47. The summed E-state index contributed by atoms with van der Waals surface area (Å²) in [4.78, 5) is 14.2. The predicted octanol–water partition coefficient (Wildman–Crippen LogP) is 1.49. The molecule has 18 heavy (non-hydrogen) atoms. The lowest BCUT2D eigenvalue weighted by molar-refractivity contribution is -0.123. The summed E-state index contributed by atoms with van der Waals surface area (Å²) in [6.07, 6.45) is 6.98. The first-order valence-corrected chi connectivity index (χ1v) is 7.40. The Labute approximate surface area is 111 Å². The van der Waals surface area contributed by atoms with Crippen LogP contribution in [-0.2, 0) is 4.79 Å². The van der Waals surface area contributed by atoms with Gasteiger partial charge in [-0.25, -0.2) is 0 Å². The van der Waals surface area contributed by atoms with Gasteiger partial charge in [0.2, 0.25) is 5.91 Å². The van der Waals surface area contributed by atoms with E-state index in [0.717, 1.165) is 25.8 Å². The van der Waals surface area contributed by atoms with Crippen LogP contribution in [0.5, 0.6) is 0 Å². The highest BCUT2D eigenvalue weighted by Gasteiger charge is 2.22. The summed E-state index contributed by atoms with van der Waals surface area (Å²) in [6, 6.07) is 0.672. The van der Waals surface area contributed by atoms with Gasteiger partial charge < -0.3 is 11.1 Å². The Morgan fingerprint density at radius 2 is 2.22 bits per heavy atom. The fourth-order valence-corrected chi connectivity index (χ4v) is 2.72. The van der Waals surface area contributed by atoms with Crippen LogP contribution in [0.1, 0.15) is 52.4 Å². The minimum absolute atomic E-state index is 0.149. The molecule has 0 radical (unpaired) electrons. The highest BCUT2D eigenvalue weighted by molar-refractivity contribution is 5.78. The third-order valence-corrected chi connectivity index (χ3v) is 3.75. The van der Waals surface area contributed by atoms with E-state index < -0.39 is 0 Å². The second kappa shape index (κ2) is 8.48. The highest BCUT2D eigenvalue weighted by Crippen LogP contribution is 2.15. The smallest absolute Gasteiger partial charge is 0.234 e. The Hall–Kier alpha value is -0.610. The molecule has 4 heteroatoms. The lowest BCUT2D eigenvalue weighted by Gasteiger charge is -2.28. The molecular formula is C14H29N3O. The molecule has 0 spiro atoms. The van der Waals surface area contributed by atoms with Crippen molar-refractivity contribution < 1.29 is 4.79 Å². The van der Waals surface area contributed by atoms with Gasteiger partial charge >= 0.3 is 0 Å². The van der Waals surface area contributed by atoms with Gasteiger partial charge in [0, 0.05) is 18.6 Å². The van der Waals surface area contributed by atoms with E-state index in [-0.39, 0.29) is 11.9 Å². The Balaban J connectivity index is 2.40. The molecule has 1 rings (SSSR count). The first-order chi connectivity index (χ1) is 8.67. The van der Waals surface area contributed by atoms with E-state index in [1.807, 2.05) is 0 Å². The zero-order valence-electron chi connectivity index (χ0n) is 12.0. The molecule has 1 aliphatic rings. The van der Waals surface area contributed by atoms with Crippen molar-refractivity contribution in [1.82, 2.24) is 10.2 Å². The number of hydrogen-bond donors (Lipinski definition) is 2. The number of hydrogen-bond acceptors (Lipinski definition) is 3. The third-order valence-electron chi connectivity index (χ3n) is 3.75. The molecule has 1 aliphatic heterocycles. The normalized spacial score (nSPS) is 23.4. The molecule has 0 aliphatic carbocycles. The zero-order chi connectivity index (χ0) is 13.4. The van der Waals surface area contributed by atoms with Crippen molar-refractivity contribution in [3.63, 3.8) is 0 Å². The first-order valence-electron chi connectivity index (χ1n) is 7.40. The second-order valence-corrected chi connectivity index (χ2v) is 5.47. The molecule has 1 heterocycles. The van der Waals surface area contributed by atoms with Crippen LogP contribution in [0, 0.1) is 0 Å². The van der Waals surface area contributed by atoms with Crippen LogP contribution in [0.4, 0.5) is 0 Å². The molecule has 1 fully saturated rings. The van der Waals surface area contributed by atoms with Crippen LogP contribution in [-0.4, -0.2) is 42.5 Å². The molecule has 0 aromatic rings. The minimum atomic E-state index is 0.149. The fraction of sp³-hybridized carbons (Fsp3) is 0.929. The van der Waals surface area contributed by atoms with Crippen molar-refractivity contribution in [3.05, 3.63) is 0 Å². The maximum atomic E-state index is 12.0. The number of nitrogens with zero attached hydrogens (tertiary/aromatic N) is 1. The molecule has 2 unspecified atom stereocenters. The molecule has 3 N–H and O–H groups in total. The molecule has 106 valence electrons. The van der Waals surface area contributed by atoms with Crippen molar-refractivity contribution in [1.29, 1.82) is 0 Å². The van der Waals surface area contributed by atoms with Gasteiger partial charge in [-0.3, -0.25) is 9.69 Å². The molecule has 0 bridgehead atoms. The van der Waals surface area contributed by atoms with Crippen LogP contribution < -0.4 is 11.1 Å². The number of nitrogens with one attached hydrogen (secondary N) is 1. The number of carbonyl (C=O) groups excluding carboxylic acids is 1. The minimum Gasteiger partial charge on any atom is -0.353 e. The van der Waals surface area contributed by atoms with E-state index >= 15 is 0 Å². The maximum absolute atomic E-state index is 12.0. The summed E-state index contributed by atoms with van der Waals surface area (Å²) in [6.45, 7) is 6.40. The van der Waals surface area contributed by atoms with Crippen LogP contribution in [0.3, 0.4) is 0 Å². The van der Waals surface area contributed by atoms with Gasteiger partial charge in [-0.15, -0.1) is 0 Å². The van der Waals surface area contributed by atoms with Gasteiger partial charge in [-0.05, 0) is 32.7 Å². The monoisotopic (exact) mass is 255 g/mol. The van der Waals surface area contributed by atoms with Crippen molar-refractivity contribution in [2.24, 2.45) is 5.73 Å². The maximum Gasteiger partial charge on any atom is 0.234 e. The van der Waals surface area contributed by atoms with Crippen molar-refractivity contribution in [2.75, 3.05) is 19.6 Å². The van der Waals surface area contributed by atoms with Crippen LogP contribution in [0.2, 0.25) is 0 Å². The Kier molecular flexibility index (Phi) is 7.28. The number of rotatable bonds is 6. The molecular weight excluding hydrogens is 226 g/mol. The van der Waals surface area contributed by atoms with Crippen LogP contribution >= 0.6 is 0 Å². The summed E-state index contributed by atoms with van der Waals surface area (Å²) >= 11 is 0. The molecule has 0 aromatic heterocycles. The quantitative estimate of drug-likeness (QED) is 0.756. The van der Waals surface area contributed by atoms with Crippen molar-refractivity contribution in [2.45, 2.75) is 64.5 Å². The second-order valence-electron chi connectivity index (χ2n) is 5.47. The predicted molar refractivity (Wildman–Crippen MR) is 75.4 cm³/mol. The summed E-state index contributed by atoms with van der Waals surface area (Å²) < 4.78 is 0. The Bertz CT molecular complexity index is 245. The largest absolute Gasteiger partial charge is 0.353 e. The molecule has 1 saturated heterocycles. The highest BCUT2D eigenvalue weighted by atomic mass is 16.2. The summed E-state index contributed by atoms with van der Waals surface area (Å²) in [7, 11) is 0.